The number of rotatable bonds is 10. The molecule has 0 aliphatic rings. The molecule has 2 aromatic carbocycles. The molecule has 8 nitrogen and oxygen atoms in total. The van der Waals surface area contributed by atoms with E-state index in [0.29, 0.717) is 53.9 Å². The van der Waals surface area contributed by atoms with E-state index in [1.54, 1.807) is 36.4 Å². The molecule has 0 spiro atoms. The molecule has 0 unspecified atom stereocenters. The first-order valence-corrected chi connectivity index (χ1v) is 9.85. The molecule has 0 atom stereocenters. The van der Waals surface area contributed by atoms with Gasteiger partial charge in [0.2, 0.25) is 0 Å². The molecule has 2 N–H and O–H groups in total. The second-order valence-corrected chi connectivity index (χ2v) is 6.15. The third-order valence-corrected chi connectivity index (χ3v) is 3.98. The van der Waals surface area contributed by atoms with Gasteiger partial charge in [-0.05, 0) is 56.7 Å². The molecule has 0 saturated carbocycles. The van der Waals surface area contributed by atoms with Crippen molar-refractivity contribution in [1.29, 1.82) is 0 Å². The zero-order chi connectivity index (χ0) is 21.9. The van der Waals surface area contributed by atoms with Gasteiger partial charge in [-0.15, -0.1) is 0 Å². The SMILES string of the molecule is CCCOc1ccc(C(=O)NNC(=O)c2ccc(OCC)c(OCC)c2)cc1OC. The number of hydrogen-bond donors (Lipinski definition) is 2. The maximum Gasteiger partial charge on any atom is 0.269 e. The molecule has 0 aliphatic carbocycles. The van der Waals surface area contributed by atoms with Crippen molar-refractivity contribution in [3.05, 3.63) is 47.5 Å². The predicted molar refractivity (Wildman–Crippen MR) is 112 cm³/mol. The van der Waals surface area contributed by atoms with Crippen LogP contribution in [0.3, 0.4) is 0 Å². The summed E-state index contributed by atoms with van der Waals surface area (Å²) in [6, 6.07) is 9.63. The minimum atomic E-state index is -0.486. The molecule has 8 heteroatoms. The van der Waals surface area contributed by atoms with Crippen LogP contribution in [0.5, 0.6) is 23.0 Å². The largest absolute Gasteiger partial charge is 0.493 e. The van der Waals surface area contributed by atoms with Crippen LogP contribution in [0, 0.1) is 0 Å². The molecule has 0 bridgehead atoms. The summed E-state index contributed by atoms with van der Waals surface area (Å²) >= 11 is 0. The average molecular weight is 416 g/mol. The highest BCUT2D eigenvalue weighted by molar-refractivity contribution is 5.99. The van der Waals surface area contributed by atoms with Crippen molar-refractivity contribution in [2.45, 2.75) is 27.2 Å². The summed E-state index contributed by atoms with van der Waals surface area (Å²) in [7, 11) is 1.50. The maximum absolute atomic E-state index is 12.4. The smallest absolute Gasteiger partial charge is 0.269 e. The van der Waals surface area contributed by atoms with Crippen molar-refractivity contribution in [3.63, 3.8) is 0 Å². The summed E-state index contributed by atoms with van der Waals surface area (Å²) < 4.78 is 21.9. The number of hydrazine groups is 1. The molecule has 2 rings (SSSR count). The Hall–Kier alpha value is -3.42. The molecule has 0 heterocycles. The van der Waals surface area contributed by atoms with E-state index in [0.717, 1.165) is 6.42 Å². The van der Waals surface area contributed by atoms with Crippen LogP contribution in [-0.4, -0.2) is 38.7 Å². The van der Waals surface area contributed by atoms with E-state index in [9.17, 15) is 9.59 Å². The molecular weight excluding hydrogens is 388 g/mol. The quantitative estimate of drug-likeness (QED) is 0.577. The standard InChI is InChI=1S/C22H28N2O6/c1-5-12-30-17-10-8-15(13-19(17)27-4)21(25)23-24-22(26)16-9-11-18(28-6-2)20(14-16)29-7-3/h8-11,13-14H,5-7,12H2,1-4H3,(H,23,25)(H,24,26). The van der Waals surface area contributed by atoms with Crippen LogP contribution in [0.25, 0.3) is 0 Å². The summed E-state index contributed by atoms with van der Waals surface area (Å²) in [5, 5.41) is 0. The fourth-order valence-electron chi connectivity index (χ4n) is 2.59. The van der Waals surface area contributed by atoms with Crippen LogP contribution < -0.4 is 29.8 Å². The normalized spacial score (nSPS) is 10.1. The number of benzene rings is 2. The highest BCUT2D eigenvalue weighted by Crippen LogP contribution is 2.29. The van der Waals surface area contributed by atoms with Crippen molar-refractivity contribution < 1.29 is 28.5 Å². The lowest BCUT2D eigenvalue weighted by Gasteiger charge is -2.13. The van der Waals surface area contributed by atoms with Gasteiger partial charge in [-0.3, -0.25) is 20.4 Å². The number of nitrogens with one attached hydrogen (secondary N) is 2. The Morgan fingerprint density at radius 2 is 1.23 bits per heavy atom. The number of methoxy groups -OCH3 is 1. The fourth-order valence-corrected chi connectivity index (χ4v) is 2.59. The number of amides is 2. The minimum Gasteiger partial charge on any atom is -0.493 e. The minimum absolute atomic E-state index is 0.317. The molecule has 0 aliphatic heterocycles. The van der Waals surface area contributed by atoms with Gasteiger partial charge < -0.3 is 18.9 Å². The van der Waals surface area contributed by atoms with E-state index in [-0.39, 0.29) is 0 Å². The Balaban J connectivity index is 2.05. The fraction of sp³-hybridized carbons (Fsp3) is 0.364. The van der Waals surface area contributed by atoms with Gasteiger partial charge >= 0.3 is 0 Å². The summed E-state index contributed by atoms with van der Waals surface area (Å²) in [4.78, 5) is 24.9. The molecular formula is C22H28N2O6. The van der Waals surface area contributed by atoms with Crippen LogP contribution in [0.15, 0.2) is 36.4 Å². The number of carbonyl (C=O) groups is 2. The van der Waals surface area contributed by atoms with Crippen molar-refractivity contribution in [2.24, 2.45) is 0 Å². The van der Waals surface area contributed by atoms with Gasteiger partial charge in [0, 0.05) is 11.1 Å². The first-order chi connectivity index (χ1) is 14.5. The van der Waals surface area contributed by atoms with Crippen LogP contribution in [0.2, 0.25) is 0 Å². The molecule has 0 fully saturated rings. The van der Waals surface area contributed by atoms with Crippen molar-refractivity contribution in [3.8, 4) is 23.0 Å². The average Bonchev–Trinajstić information content (AvgIpc) is 2.77. The van der Waals surface area contributed by atoms with Gasteiger partial charge in [-0.1, -0.05) is 6.92 Å². The lowest BCUT2D eigenvalue weighted by Crippen LogP contribution is -2.41. The Morgan fingerprint density at radius 3 is 1.73 bits per heavy atom. The first kappa shape index (κ1) is 22.9. The molecule has 0 saturated heterocycles. The molecule has 2 aromatic rings. The van der Waals surface area contributed by atoms with Gasteiger partial charge in [-0.25, -0.2) is 0 Å². The zero-order valence-corrected chi connectivity index (χ0v) is 17.7. The van der Waals surface area contributed by atoms with Gasteiger partial charge in [-0.2, -0.15) is 0 Å². The van der Waals surface area contributed by atoms with Gasteiger partial charge in [0.05, 0.1) is 26.9 Å². The van der Waals surface area contributed by atoms with Crippen LogP contribution in [0.4, 0.5) is 0 Å². The molecule has 0 aromatic heterocycles. The molecule has 162 valence electrons. The van der Waals surface area contributed by atoms with Crippen molar-refractivity contribution >= 4 is 11.8 Å². The third kappa shape index (κ3) is 6.04. The van der Waals surface area contributed by atoms with Gasteiger partial charge in [0.1, 0.15) is 0 Å². The Kier molecular flexibility index (Phi) is 8.80. The summed E-state index contributed by atoms with van der Waals surface area (Å²) in [6.45, 7) is 7.16. The second kappa shape index (κ2) is 11.5. The van der Waals surface area contributed by atoms with E-state index in [4.69, 9.17) is 18.9 Å². The summed E-state index contributed by atoms with van der Waals surface area (Å²) in [5.74, 6) is 1.04. The monoisotopic (exact) mass is 416 g/mol. The first-order valence-electron chi connectivity index (χ1n) is 9.85. The number of hydrogen-bond acceptors (Lipinski definition) is 6. The predicted octanol–water partition coefficient (Wildman–Crippen LogP) is 3.36. The third-order valence-electron chi connectivity index (χ3n) is 3.98. The topological polar surface area (TPSA) is 95.1 Å². The van der Waals surface area contributed by atoms with E-state index in [2.05, 4.69) is 10.9 Å². The molecule has 30 heavy (non-hydrogen) atoms. The van der Waals surface area contributed by atoms with E-state index in [1.807, 2.05) is 20.8 Å². The van der Waals surface area contributed by atoms with E-state index in [1.165, 1.54) is 7.11 Å². The van der Waals surface area contributed by atoms with Crippen molar-refractivity contribution in [1.82, 2.24) is 10.9 Å². The summed E-state index contributed by atoms with van der Waals surface area (Å²) in [6.07, 6.45) is 0.855. The molecule has 2 amide bonds. The van der Waals surface area contributed by atoms with Crippen LogP contribution in [-0.2, 0) is 0 Å². The highest BCUT2D eigenvalue weighted by atomic mass is 16.5. The molecule has 0 radical (unpaired) electrons. The Labute approximate surface area is 176 Å². The maximum atomic E-state index is 12.4. The lowest BCUT2D eigenvalue weighted by atomic mass is 10.2. The van der Waals surface area contributed by atoms with Crippen LogP contribution >= 0.6 is 0 Å². The zero-order valence-electron chi connectivity index (χ0n) is 17.7. The lowest BCUT2D eigenvalue weighted by molar-refractivity contribution is 0.0846. The van der Waals surface area contributed by atoms with E-state index >= 15 is 0 Å². The second-order valence-electron chi connectivity index (χ2n) is 6.15. The number of ether oxygens (including phenoxy) is 4. The Morgan fingerprint density at radius 1 is 0.733 bits per heavy atom. The van der Waals surface area contributed by atoms with Gasteiger partial charge in [0.25, 0.3) is 11.8 Å². The van der Waals surface area contributed by atoms with Gasteiger partial charge in [0.15, 0.2) is 23.0 Å². The van der Waals surface area contributed by atoms with Crippen LogP contribution in [0.1, 0.15) is 47.9 Å². The van der Waals surface area contributed by atoms with Crippen molar-refractivity contribution in [2.75, 3.05) is 26.9 Å². The Bertz CT molecular complexity index is 869. The van der Waals surface area contributed by atoms with E-state index < -0.39 is 11.8 Å². The number of carbonyl (C=O) groups excluding carboxylic acids is 2. The summed E-state index contributed by atoms with van der Waals surface area (Å²) in [5.41, 5.74) is 5.43. The highest BCUT2D eigenvalue weighted by Gasteiger charge is 2.14.